The summed E-state index contributed by atoms with van der Waals surface area (Å²) in [5.41, 5.74) is 7.69. The molecule has 1 heterocycles. The third-order valence-electron chi connectivity index (χ3n) is 2.70. The lowest BCUT2D eigenvalue weighted by atomic mass is 10.1. The number of halogens is 1. The zero-order valence-corrected chi connectivity index (χ0v) is 10.7. The van der Waals surface area contributed by atoms with Crippen molar-refractivity contribution in [2.75, 3.05) is 13.2 Å². The van der Waals surface area contributed by atoms with Gasteiger partial charge in [-0.25, -0.2) is 4.39 Å². The first-order chi connectivity index (χ1) is 9.22. The summed E-state index contributed by atoms with van der Waals surface area (Å²) in [7, 11) is 1.87. The number of ether oxygens (including phenoxy) is 1. The summed E-state index contributed by atoms with van der Waals surface area (Å²) in [5, 5.41) is 4.31. The molecule has 0 amide bonds. The van der Waals surface area contributed by atoms with Crippen LogP contribution in [0.25, 0.3) is 11.3 Å². The van der Waals surface area contributed by atoms with Gasteiger partial charge >= 0.3 is 0 Å². The molecule has 19 heavy (non-hydrogen) atoms. The van der Waals surface area contributed by atoms with Crippen LogP contribution in [0.2, 0.25) is 0 Å². The van der Waals surface area contributed by atoms with E-state index in [-0.39, 0.29) is 13.2 Å². The first kappa shape index (κ1) is 13.3. The molecule has 2 N–H and O–H groups in total. The summed E-state index contributed by atoms with van der Waals surface area (Å²) in [6, 6.07) is 9.43. The van der Waals surface area contributed by atoms with Gasteiger partial charge in [-0.3, -0.25) is 4.68 Å². The summed E-state index contributed by atoms with van der Waals surface area (Å²) in [5.74, 6) is 0.674. The standard InChI is InChI=1S/C14H16FN3O/c1-18-7-6-14(17-18)12-2-4-13(5-3-12)19-10-11(8-15)9-16/h2-8H,9-10,16H2,1H3/b11-8+. The highest BCUT2D eigenvalue weighted by Gasteiger charge is 2.02. The van der Waals surface area contributed by atoms with Gasteiger partial charge in [0.15, 0.2) is 0 Å². The van der Waals surface area contributed by atoms with Crippen molar-refractivity contribution in [2.45, 2.75) is 0 Å². The van der Waals surface area contributed by atoms with Crippen molar-refractivity contribution in [2.24, 2.45) is 12.8 Å². The van der Waals surface area contributed by atoms with Crippen LogP contribution >= 0.6 is 0 Å². The van der Waals surface area contributed by atoms with Crippen LogP contribution in [0.5, 0.6) is 5.75 Å². The zero-order chi connectivity index (χ0) is 13.7. The number of aromatic nitrogens is 2. The Morgan fingerprint density at radius 2 is 2.11 bits per heavy atom. The van der Waals surface area contributed by atoms with Crippen LogP contribution in [0.4, 0.5) is 4.39 Å². The highest BCUT2D eigenvalue weighted by molar-refractivity contribution is 5.59. The summed E-state index contributed by atoms with van der Waals surface area (Å²) in [6.07, 6.45) is 2.38. The van der Waals surface area contributed by atoms with Gasteiger partial charge in [0.1, 0.15) is 12.4 Å². The van der Waals surface area contributed by atoms with Crippen molar-refractivity contribution in [3.63, 3.8) is 0 Å². The molecular weight excluding hydrogens is 245 g/mol. The van der Waals surface area contributed by atoms with Crippen LogP contribution in [0, 0.1) is 0 Å². The Labute approximate surface area is 111 Å². The maximum Gasteiger partial charge on any atom is 0.119 e. The second-order valence-corrected chi connectivity index (χ2v) is 4.16. The Kier molecular flexibility index (Phi) is 4.30. The van der Waals surface area contributed by atoms with Gasteiger partial charge in [-0.2, -0.15) is 5.10 Å². The van der Waals surface area contributed by atoms with Crippen molar-refractivity contribution < 1.29 is 9.13 Å². The van der Waals surface area contributed by atoms with Gasteiger partial charge in [0.2, 0.25) is 0 Å². The van der Waals surface area contributed by atoms with E-state index in [0.29, 0.717) is 17.7 Å². The van der Waals surface area contributed by atoms with Crippen LogP contribution in [-0.4, -0.2) is 22.9 Å². The van der Waals surface area contributed by atoms with Crippen molar-refractivity contribution in [3.8, 4) is 17.0 Å². The Hall–Kier alpha value is -2.14. The van der Waals surface area contributed by atoms with Crippen molar-refractivity contribution in [1.82, 2.24) is 9.78 Å². The minimum atomic E-state index is 0.155. The molecule has 0 unspecified atom stereocenters. The molecule has 0 atom stereocenters. The van der Waals surface area contributed by atoms with E-state index in [1.165, 1.54) is 0 Å². The maximum atomic E-state index is 12.3. The Morgan fingerprint density at radius 3 is 2.63 bits per heavy atom. The van der Waals surface area contributed by atoms with Gasteiger partial charge in [0, 0.05) is 30.9 Å². The normalized spacial score (nSPS) is 11.6. The molecule has 1 aromatic heterocycles. The molecule has 0 aliphatic heterocycles. The SMILES string of the molecule is Cn1ccc(-c2ccc(OC/C(=C/F)CN)cc2)n1. The fourth-order valence-corrected chi connectivity index (χ4v) is 1.60. The summed E-state index contributed by atoms with van der Waals surface area (Å²) in [4.78, 5) is 0. The first-order valence-electron chi connectivity index (χ1n) is 5.94. The fourth-order valence-electron chi connectivity index (χ4n) is 1.60. The molecule has 0 fully saturated rings. The lowest BCUT2D eigenvalue weighted by Crippen LogP contribution is -2.10. The number of rotatable bonds is 5. The Balaban J connectivity index is 2.02. The molecule has 0 saturated heterocycles. The maximum absolute atomic E-state index is 12.3. The van der Waals surface area contributed by atoms with Gasteiger partial charge < -0.3 is 10.5 Å². The second-order valence-electron chi connectivity index (χ2n) is 4.16. The first-order valence-corrected chi connectivity index (χ1v) is 5.94. The number of nitrogens with two attached hydrogens (primary N) is 1. The van der Waals surface area contributed by atoms with Crippen molar-refractivity contribution in [1.29, 1.82) is 0 Å². The predicted octanol–water partition coefficient (Wildman–Crippen LogP) is 2.28. The Morgan fingerprint density at radius 1 is 1.37 bits per heavy atom. The largest absolute Gasteiger partial charge is 0.489 e. The highest BCUT2D eigenvalue weighted by Crippen LogP contribution is 2.20. The van der Waals surface area contributed by atoms with Crippen LogP contribution in [0.1, 0.15) is 0 Å². The average molecular weight is 261 g/mol. The third-order valence-corrected chi connectivity index (χ3v) is 2.70. The minimum Gasteiger partial charge on any atom is -0.489 e. The van der Waals surface area contributed by atoms with E-state index in [9.17, 15) is 4.39 Å². The molecule has 2 rings (SSSR count). The van der Waals surface area contributed by atoms with Crippen LogP contribution in [0.15, 0.2) is 48.4 Å². The molecule has 5 heteroatoms. The van der Waals surface area contributed by atoms with E-state index >= 15 is 0 Å². The molecule has 2 aromatic rings. The molecule has 0 aliphatic carbocycles. The van der Waals surface area contributed by atoms with Gasteiger partial charge in [-0.15, -0.1) is 0 Å². The number of benzene rings is 1. The van der Waals surface area contributed by atoms with Gasteiger partial charge in [-0.1, -0.05) is 0 Å². The summed E-state index contributed by atoms with van der Waals surface area (Å²) < 4.78 is 19.5. The van der Waals surface area contributed by atoms with Gasteiger partial charge in [0.25, 0.3) is 0 Å². The molecule has 0 bridgehead atoms. The minimum absolute atomic E-state index is 0.155. The number of aryl methyl sites for hydroxylation is 1. The van der Waals surface area contributed by atoms with E-state index in [2.05, 4.69) is 5.10 Å². The van der Waals surface area contributed by atoms with Crippen LogP contribution in [0.3, 0.4) is 0 Å². The van der Waals surface area contributed by atoms with E-state index in [1.54, 1.807) is 4.68 Å². The molecule has 0 aliphatic rings. The average Bonchev–Trinajstić information content (AvgIpc) is 2.87. The molecule has 0 spiro atoms. The second kappa shape index (κ2) is 6.15. The van der Waals surface area contributed by atoms with Gasteiger partial charge in [0.05, 0.1) is 12.0 Å². The van der Waals surface area contributed by atoms with E-state index < -0.39 is 0 Å². The number of nitrogens with zero attached hydrogens (tertiary/aromatic N) is 2. The predicted molar refractivity (Wildman–Crippen MR) is 72.4 cm³/mol. The molecule has 0 radical (unpaired) electrons. The van der Waals surface area contributed by atoms with E-state index in [1.807, 2.05) is 43.6 Å². The fraction of sp³-hybridized carbons (Fsp3) is 0.214. The number of hydrogen-bond acceptors (Lipinski definition) is 3. The molecule has 100 valence electrons. The van der Waals surface area contributed by atoms with Crippen molar-refractivity contribution in [3.05, 3.63) is 48.4 Å². The molecule has 0 saturated carbocycles. The van der Waals surface area contributed by atoms with Gasteiger partial charge in [-0.05, 0) is 30.3 Å². The quantitative estimate of drug-likeness (QED) is 0.898. The third kappa shape index (κ3) is 3.42. The zero-order valence-electron chi connectivity index (χ0n) is 10.7. The smallest absolute Gasteiger partial charge is 0.119 e. The lowest BCUT2D eigenvalue weighted by molar-refractivity contribution is 0.347. The molecule has 1 aromatic carbocycles. The monoisotopic (exact) mass is 261 g/mol. The van der Waals surface area contributed by atoms with Crippen LogP contribution < -0.4 is 10.5 Å². The van der Waals surface area contributed by atoms with Crippen LogP contribution in [-0.2, 0) is 7.05 Å². The number of hydrogen-bond donors (Lipinski definition) is 1. The van der Waals surface area contributed by atoms with E-state index in [0.717, 1.165) is 11.3 Å². The summed E-state index contributed by atoms with van der Waals surface area (Å²) in [6.45, 7) is 0.318. The molecular formula is C14H16FN3O. The molecule has 4 nitrogen and oxygen atoms in total. The Bertz CT molecular complexity index is 560. The van der Waals surface area contributed by atoms with Crippen molar-refractivity contribution >= 4 is 0 Å². The summed E-state index contributed by atoms with van der Waals surface area (Å²) >= 11 is 0. The highest BCUT2D eigenvalue weighted by atomic mass is 19.1. The van der Waals surface area contributed by atoms with E-state index in [4.69, 9.17) is 10.5 Å². The topological polar surface area (TPSA) is 53.1 Å². The lowest BCUT2D eigenvalue weighted by Gasteiger charge is -2.07.